The minimum absolute atomic E-state index is 0.488. The van der Waals surface area contributed by atoms with Crippen LogP contribution >= 0.6 is 0 Å². The summed E-state index contributed by atoms with van der Waals surface area (Å²) in [5.41, 5.74) is -0.0909. The number of fused-ring (bicyclic) bond motifs is 1. The summed E-state index contributed by atoms with van der Waals surface area (Å²) in [5, 5.41) is 2.07. The molecule has 0 saturated heterocycles. The third-order valence-electron chi connectivity index (χ3n) is 4.36. The fourth-order valence-corrected chi connectivity index (χ4v) is 3.29. The fraction of sp³-hybridized carbons (Fsp3) is 0.353. The van der Waals surface area contributed by atoms with Gasteiger partial charge in [-0.3, -0.25) is 0 Å². The molecule has 98 valence electrons. The summed E-state index contributed by atoms with van der Waals surface area (Å²) in [4.78, 5) is 11.7. The van der Waals surface area contributed by atoms with Crippen molar-refractivity contribution >= 4 is 17.1 Å². The van der Waals surface area contributed by atoms with Crippen LogP contribution in [0, 0.1) is 0 Å². The third kappa shape index (κ3) is 1.86. The zero-order chi connectivity index (χ0) is 13.3. The molecule has 0 heterocycles. The van der Waals surface area contributed by atoms with Crippen LogP contribution in [0.5, 0.6) is 0 Å². The number of halogens is 1. The number of rotatable bonds is 2. The smallest absolute Gasteiger partial charge is 0.133 e. The van der Waals surface area contributed by atoms with Crippen LogP contribution in [0.25, 0.3) is 10.8 Å². The van der Waals surface area contributed by atoms with Gasteiger partial charge in [0.2, 0.25) is 0 Å². The summed E-state index contributed by atoms with van der Waals surface area (Å²) >= 11 is 0. The molecule has 2 aromatic rings. The van der Waals surface area contributed by atoms with Crippen LogP contribution in [-0.4, -0.2) is 12.5 Å². The van der Waals surface area contributed by atoms with E-state index in [-0.39, 0.29) is 0 Å². The molecule has 0 aromatic heterocycles. The Labute approximate surface area is 112 Å². The second kappa shape index (κ2) is 4.76. The van der Waals surface area contributed by atoms with Crippen molar-refractivity contribution in [1.82, 2.24) is 0 Å². The topological polar surface area (TPSA) is 17.1 Å². The molecular formula is C17H17FO. The molecule has 0 radical (unpaired) electrons. The largest absolute Gasteiger partial charge is 0.302 e. The van der Waals surface area contributed by atoms with Crippen molar-refractivity contribution in [1.29, 1.82) is 0 Å². The Bertz CT molecular complexity index is 602. The molecule has 2 atom stereocenters. The van der Waals surface area contributed by atoms with Gasteiger partial charge in [0.05, 0.1) is 5.41 Å². The molecule has 1 fully saturated rings. The summed E-state index contributed by atoms with van der Waals surface area (Å²) in [7, 11) is 0. The van der Waals surface area contributed by atoms with E-state index in [1.54, 1.807) is 0 Å². The molecule has 0 unspecified atom stereocenters. The van der Waals surface area contributed by atoms with Gasteiger partial charge in [0.1, 0.15) is 12.5 Å². The van der Waals surface area contributed by atoms with Crippen LogP contribution in [0.1, 0.15) is 31.2 Å². The number of carbonyl (C=O) groups excluding carboxylic acids is 1. The van der Waals surface area contributed by atoms with Crippen molar-refractivity contribution in [2.24, 2.45) is 0 Å². The van der Waals surface area contributed by atoms with Gasteiger partial charge in [0.25, 0.3) is 0 Å². The van der Waals surface area contributed by atoms with Gasteiger partial charge in [-0.05, 0) is 29.2 Å². The van der Waals surface area contributed by atoms with Crippen molar-refractivity contribution in [2.45, 2.75) is 37.3 Å². The Balaban J connectivity index is 2.24. The second-order valence-corrected chi connectivity index (χ2v) is 5.40. The molecule has 0 bridgehead atoms. The van der Waals surface area contributed by atoms with Crippen molar-refractivity contribution in [3.8, 4) is 0 Å². The van der Waals surface area contributed by atoms with Crippen LogP contribution in [0.2, 0.25) is 0 Å². The Morgan fingerprint density at radius 1 is 1.11 bits per heavy atom. The molecule has 1 nitrogen and oxygen atoms in total. The first-order valence-electron chi connectivity index (χ1n) is 6.86. The Hall–Kier alpha value is -1.70. The lowest BCUT2D eigenvalue weighted by Crippen LogP contribution is -2.41. The molecule has 0 aliphatic heterocycles. The van der Waals surface area contributed by atoms with E-state index in [1.807, 2.05) is 42.5 Å². The lowest BCUT2D eigenvalue weighted by Gasteiger charge is -2.36. The van der Waals surface area contributed by atoms with E-state index in [0.29, 0.717) is 12.8 Å². The van der Waals surface area contributed by atoms with Crippen molar-refractivity contribution in [2.75, 3.05) is 0 Å². The molecule has 0 N–H and O–H groups in total. The first kappa shape index (κ1) is 12.3. The van der Waals surface area contributed by atoms with Crippen molar-refractivity contribution in [3.63, 3.8) is 0 Å². The summed E-state index contributed by atoms with van der Waals surface area (Å²) < 4.78 is 14.5. The standard InChI is InChI=1S/C17H17FO/c18-16-10-3-4-11-17(16,12-19)15-9-5-7-13-6-1-2-8-14(13)15/h1-2,5-9,12,16H,3-4,10-11H2/t16-,17-/m0/s1. The molecule has 1 saturated carbocycles. The molecule has 19 heavy (non-hydrogen) atoms. The van der Waals surface area contributed by atoms with Gasteiger partial charge < -0.3 is 4.79 Å². The minimum atomic E-state index is -1.07. The number of hydrogen-bond acceptors (Lipinski definition) is 1. The molecule has 2 aromatic carbocycles. The summed E-state index contributed by atoms with van der Waals surface area (Å²) in [5.74, 6) is 0. The van der Waals surface area contributed by atoms with Gasteiger partial charge in [0, 0.05) is 0 Å². The highest BCUT2D eigenvalue weighted by molar-refractivity contribution is 5.90. The number of aldehydes is 1. The van der Waals surface area contributed by atoms with Gasteiger partial charge in [0.15, 0.2) is 0 Å². The SMILES string of the molecule is O=C[C@]1(c2cccc3ccccc23)CCCC[C@@H]1F. The second-order valence-electron chi connectivity index (χ2n) is 5.40. The van der Waals surface area contributed by atoms with Crippen LogP contribution in [0.15, 0.2) is 42.5 Å². The van der Waals surface area contributed by atoms with E-state index in [9.17, 15) is 9.18 Å². The molecule has 0 spiro atoms. The molecule has 1 aliphatic carbocycles. The predicted octanol–water partition coefficient (Wildman–Crippen LogP) is 4.19. The molecule has 0 amide bonds. The van der Waals surface area contributed by atoms with Gasteiger partial charge in [-0.2, -0.15) is 0 Å². The molecule has 2 heteroatoms. The van der Waals surface area contributed by atoms with Gasteiger partial charge in [-0.25, -0.2) is 4.39 Å². The zero-order valence-corrected chi connectivity index (χ0v) is 10.8. The normalized spacial score (nSPS) is 27.3. The van der Waals surface area contributed by atoms with E-state index in [4.69, 9.17) is 0 Å². The van der Waals surface area contributed by atoms with Crippen molar-refractivity contribution in [3.05, 3.63) is 48.0 Å². The molecule has 3 rings (SSSR count). The average molecular weight is 256 g/mol. The van der Waals surface area contributed by atoms with Gasteiger partial charge >= 0.3 is 0 Å². The highest BCUT2D eigenvalue weighted by Crippen LogP contribution is 2.42. The lowest BCUT2D eigenvalue weighted by molar-refractivity contribution is -0.116. The maximum atomic E-state index is 14.5. The molecular weight excluding hydrogens is 239 g/mol. The summed E-state index contributed by atoms with van der Waals surface area (Å²) in [6.07, 6.45) is 2.68. The quantitative estimate of drug-likeness (QED) is 0.736. The van der Waals surface area contributed by atoms with E-state index < -0.39 is 11.6 Å². The van der Waals surface area contributed by atoms with Crippen LogP contribution < -0.4 is 0 Å². The van der Waals surface area contributed by atoms with E-state index in [1.165, 1.54) is 0 Å². The maximum Gasteiger partial charge on any atom is 0.133 e. The van der Waals surface area contributed by atoms with Gasteiger partial charge in [-0.1, -0.05) is 55.3 Å². The Morgan fingerprint density at radius 2 is 1.89 bits per heavy atom. The number of benzene rings is 2. The highest BCUT2D eigenvalue weighted by Gasteiger charge is 2.43. The zero-order valence-electron chi connectivity index (χ0n) is 10.8. The van der Waals surface area contributed by atoms with E-state index in [0.717, 1.165) is 35.5 Å². The summed E-state index contributed by atoms with van der Waals surface area (Å²) in [6, 6.07) is 13.7. The van der Waals surface area contributed by atoms with Crippen LogP contribution in [-0.2, 0) is 10.2 Å². The third-order valence-corrected chi connectivity index (χ3v) is 4.36. The lowest BCUT2D eigenvalue weighted by atomic mass is 9.68. The highest BCUT2D eigenvalue weighted by atomic mass is 19.1. The number of alkyl halides is 1. The Kier molecular flexibility index (Phi) is 3.09. The monoisotopic (exact) mass is 256 g/mol. The van der Waals surface area contributed by atoms with Gasteiger partial charge in [-0.15, -0.1) is 0 Å². The minimum Gasteiger partial charge on any atom is -0.302 e. The van der Waals surface area contributed by atoms with E-state index in [2.05, 4.69) is 0 Å². The summed E-state index contributed by atoms with van der Waals surface area (Å²) in [6.45, 7) is 0. The maximum absolute atomic E-state index is 14.5. The predicted molar refractivity (Wildman–Crippen MR) is 75.1 cm³/mol. The first-order chi connectivity index (χ1) is 9.28. The van der Waals surface area contributed by atoms with Crippen LogP contribution in [0.4, 0.5) is 4.39 Å². The van der Waals surface area contributed by atoms with E-state index >= 15 is 0 Å². The fourth-order valence-electron chi connectivity index (χ4n) is 3.29. The number of hydrogen-bond donors (Lipinski definition) is 0. The first-order valence-corrected chi connectivity index (χ1v) is 6.86. The molecule has 1 aliphatic rings. The van der Waals surface area contributed by atoms with Crippen molar-refractivity contribution < 1.29 is 9.18 Å². The van der Waals surface area contributed by atoms with Crippen LogP contribution in [0.3, 0.4) is 0 Å². The number of carbonyl (C=O) groups is 1. The Morgan fingerprint density at radius 3 is 2.68 bits per heavy atom. The average Bonchev–Trinajstić information content (AvgIpc) is 2.48.